The summed E-state index contributed by atoms with van der Waals surface area (Å²) in [4.78, 5) is 26.8. The van der Waals surface area contributed by atoms with Crippen molar-refractivity contribution in [3.05, 3.63) is 51.1 Å². The van der Waals surface area contributed by atoms with E-state index in [1.54, 1.807) is 23.9 Å². The van der Waals surface area contributed by atoms with Gasteiger partial charge < -0.3 is 0 Å². The molecule has 7 heteroatoms. The van der Waals surface area contributed by atoms with Crippen LogP contribution >= 0.6 is 23.1 Å². The lowest BCUT2D eigenvalue weighted by Gasteiger charge is -1.98. The molecule has 0 bridgehead atoms. The van der Waals surface area contributed by atoms with Crippen LogP contribution in [-0.4, -0.2) is 21.9 Å². The largest absolute Gasteiger partial charge is 0.344 e. The number of carbonyl (C=O) groups is 1. The van der Waals surface area contributed by atoms with Gasteiger partial charge in [0.1, 0.15) is 6.20 Å². The van der Waals surface area contributed by atoms with E-state index in [0.29, 0.717) is 5.56 Å². The molecule has 1 aromatic carbocycles. The zero-order valence-electron chi connectivity index (χ0n) is 9.32. The minimum atomic E-state index is -0.550. The molecule has 1 heterocycles. The minimum Gasteiger partial charge on any atom is -0.286 e. The second kappa shape index (κ2) is 5.28. The number of carbonyl (C=O) groups excluding carboxylic acids is 1. The second-order valence-corrected chi connectivity index (χ2v) is 5.21. The Morgan fingerprint density at radius 2 is 2.06 bits per heavy atom. The van der Waals surface area contributed by atoms with Crippen molar-refractivity contribution in [2.24, 2.45) is 0 Å². The average molecular weight is 280 g/mol. The maximum atomic E-state index is 12.0. The Bertz CT molecular complexity index is 593. The molecule has 2 aromatic rings. The number of benzene rings is 1. The smallest absolute Gasteiger partial charge is 0.286 e. The Balaban J connectivity index is 2.26. The molecule has 0 atom stereocenters. The first-order chi connectivity index (χ1) is 8.61. The average Bonchev–Trinajstić information content (AvgIpc) is 2.88. The SMILES string of the molecule is CSc1ccc(C(=O)c2ncc([N+](=O)[O-])s2)cc1. The number of hydrogen-bond acceptors (Lipinski definition) is 6. The maximum absolute atomic E-state index is 12.0. The van der Waals surface area contributed by atoms with Gasteiger partial charge in [-0.3, -0.25) is 14.9 Å². The highest BCUT2D eigenvalue weighted by molar-refractivity contribution is 7.98. The molecule has 0 saturated carbocycles. The van der Waals surface area contributed by atoms with Gasteiger partial charge in [0.15, 0.2) is 5.01 Å². The van der Waals surface area contributed by atoms with Crippen LogP contribution in [0.1, 0.15) is 15.4 Å². The Labute approximate surface area is 111 Å². The fourth-order valence-electron chi connectivity index (χ4n) is 1.32. The molecular formula is C11H8N2O3S2. The van der Waals surface area contributed by atoms with Crippen LogP contribution in [0.25, 0.3) is 0 Å². The molecule has 0 radical (unpaired) electrons. The van der Waals surface area contributed by atoms with E-state index in [1.165, 1.54) is 0 Å². The van der Waals surface area contributed by atoms with Crippen molar-refractivity contribution < 1.29 is 9.72 Å². The third kappa shape index (κ3) is 2.57. The molecule has 92 valence electrons. The van der Waals surface area contributed by atoms with Crippen LogP contribution in [-0.2, 0) is 0 Å². The lowest BCUT2D eigenvalue weighted by atomic mass is 10.1. The molecule has 0 saturated heterocycles. The summed E-state index contributed by atoms with van der Waals surface area (Å²) in [5, 5.41) is 10.5. The summed E-state index contributed by atoms with van der Waals surface area (Å²) >= 11 is 2.37. The number of thioether (sulfide) groups is 1. The summed E-state index contributed by atoms with van der Waals surface area (Å²) in [7, 11) is 0. The summed E-state index contributed by atoms with van der Waals surface area (Å²) < 4.78 is 0. The van der Waals surface area contributed by atoms with Crippen LogP contribution < -0.4 is 0 Å². The zero-order valence-corrected chi connectivity index (χ0v) is 11.0. The summed E-state index contributed by atoms with van der Waals surface area (Å²) in [6.45, 7) is 0. The third-order valence-corrected chi connectivity index (χ3v) is 3.91. The molecule has 5 nitrogen and oxygen atoms in total. The molecule has 0 unspecified atom stereocenters. The molecule has 0 amide bonds. The van der Waals surface area contributed by atoms with Crippen LogP contribution in [0.4, 0.5) is 5.00 Å². The molecule has 2 rings (SSSR count). The highest BCUT2D eigenvalue weighted by atomic mass is 32.2. The predicted octanol–water partition coefficient (Wildman–Crippen LogP) is 3.00. The maximum Gasteiger partial charge on any atom is 0.344 e. The van der Waals surface area contributed by atoms with E-state index in [0.717, 1.165) is 22.4 Å². The lowest BCUT2D eigenvalue weighted by Crippen LogP contribution is -1.99. The van der Waals surface area contributed by atoms with E-state index in [-0.39, 0.29) is 15.8 Å². The van der Waals surface area contributed by atoms with E-state index >= 15 is 0 Å². The summed E-state index contributed by atoms with van der Waals surface area (Å²) in [5.74, 6) is -0.291. The summed E-state index contributed by atoms with van der Waals surface area (Å²) in [6.07, 6.45) is 3.05. The molecule has 0 N–H and O–H groups in total. The van der Waals surface area contributed by atoms with Gasteiger partial charge in [0, 0.05) is 10.5 Å². The van der Waals surface area contributed by atoms with E-state index in [4.69, 9.17) is 0 Å². The number of aromatic nitrogens is 1. The molecular weight excluding hydrogens is 272 g/mol. The van der Waals surface area contributed by atoms with Crippen LogP contribution in [0.5, 0.6) is 0 Å². The van der Waals surface area contributed by atoms with Gasteiger partial charge >= 0.3 is 5.00 Å². The minimum absolute atomic E-state index is 0.126. The predicted molar refractivity (Wildman–Crippen MR) is 70.4 cm³/mol. The van der Waals surface area contributed by atoms with Gasteiger partial charge in [0.25, 0.3) is 0 Å². The van der Waals surface area contributed by atoms with Crippen molar-refractivity contribution in [3.63, 3.8) is 0 Å². The van der Waals surface area contributed by atoms with Crippen molar-refractivity contribution in [2.45, 2.75) is 4.90 Å². The molecule has 0 aliphatic carbocycles. The van der Waals surface area contributed by atoms with Crippen molar-refractivity contribution in [3.8, 4) is 0 Å². The third-order valence-electron chi connectivity index (χ3n) is 2.22. The Morgan fingerprint density at radius 3 is 2.56 bits per heavy atom. The molecule has 0 aliphatic heterocycles. The van der Waals surface area contributed by atoms with Gasteiger partial charge in [0.05, 0.1) is 4.92 Å². The van der Waals surface area contributed by atoms with E-state index in [2.05, 4.69) is 4.98 Å². The topological polar surface area (TPSA) is 73.1 Å². The van der Waals surface area contributed by atoms with E-state index in [1.807, 2.05) is 18.4 Å². The first kappa shape index (κ1) is 12.7. The molecule has 1 aromatic heterocycles. The van der Waals surface area contributed by atoms with Crippen molar-refractivity contribution in [2.75, 3.05) is 6.26 Å². The fourth-order valence-corrected chi connectivity index (χ4v) is 2.42. The first-order valence-corrected chi connectivity index (χ1v) is 6.95. The molecule has 0 fully saturated rings. The monoisotopic (exact) mass is 280 g/mol. The van der Waals surface area contributed by atoms with Crippen LogP contribution in [0.2, 0.25) is 0 Å². The van der Waals surface area contributed by atoms with Gasteiger partial charge in [-0.25, -0.2) is 4.98 Å². The highest BCUT2D eigenvalue weighted by Gasteiger charge is 2.18. The summed E-state index contributed by atoms with van der Waals surface area (Å²) in [6, 6.07) is 7.06. The Hall–Kier alpha value is -1.73. The Morgan fingerprint density at radius 1 is 1.39 bits per heavy atom. The van der Waals surface area contributed by atoms with Crippen molar-refractivity contribution in [1.82, 2.24) is 4.98 Å². The van der Waals surface area contributed by atoms with Crippen molar-refractivity contribution in [1.29, 1.82) is 0 Å². The van der Waals surface area contributed by atoms with E-state index in [9.17, 15) is 14.9 Å². The molecule has 0 spiro atoms. The summed E-state index contributed by atoms with van der Waals surface area (Å²) in [5.41, 5.74) is 0.483. The number of rotatable bonds is 4. The van der Waals surface area contributed by atoms with Crippen LogP contribution in [0, 0.1) is 10.1 Å². The second-order valence-electron chi connectivity index (χ2n) is 3.32. The number of thiazole rings is 1. The number of hydrogen-bond donors (Lipinski definition) is 0. The quantitative estimate of drug-likeness (QED) is 0.372. The Kier molecular flexibility index (Phi) is 3.73. The first-order valence-electron chi connectivity index (χ1n) is 4.91. The van der Waals surface area contributed by atoms with Crippen LogP contribution in [0.15, 0.2) is 35.4 Å². The van der Waals surface area contributed by atoms with Gasteiger partial charge in [0.2, 0.25) is 5.78 Å². The molecule has 0 aliphatic rings. The number of nitrogens with zero attached hydrogens (tertiary/aromatic N) is 2. The van der Waals surface area contributed by atoms with E-state index < -0.39 is 4.92 Å². The fraction of sp³-hybridized carbons (Fsp3) is 0.0909. The lowest BCUT2D eigenvalue weighted by molar-refractivity contribution is -0.380. The highest BCUT2D eigenvalue weighted by Crippen LogP contribution is 2.24. The van der Waals surface area contributed by atoms with Gasteiger partial charge in [-0.1, -0.05) is 0 Å². The van der Waals surface area contributed by atoms with Gasteiger partial charge in [-0.05, 0) is 41.9 Å². The van der Waals surface area contributed by atoms with Gasteiger partial charge in [-0.2, -0.15) is 0 Å². The standard InChI is InChI=1S/C11H8N2O3S2/c1-17-8-4-2-7(3-5-8)10(14)11-12-6-9(18-11)13(15)16/h2-6H,1H3. The van der Waals surface area contributed by atoms with Crippen LogP contribution in [0.3, 0.4) is 0 Å². The number of nitro groups is 1. The normalized spacial score (nSPS) is 10.3. The van der Waals surface area contributed by atoms with Gasteiger partial charge in [-0.15, -0.1) is 11.8 Å². The zero-order chi connectivity index (χ0) is 13.1. The molecule has 18 heavy (non-hydrogen) atoms. The number of ketones is 1. The van der Waals surface area contributed by atoms with Crippen molar-refractivity contribution >= 4 is 33.9 Å².